The van der Waals surface area contributed by atoms with Crippen LogP contribution in [0.3, 0.4) is 0 Å². The molecule has 0 aliphatic carbocycles. The van der Waals surface area contributed by atoms with Crippen molar-refractivity contribution in [2.75, 3.05) is 24.9 Å². The van der Waals surface area contributed by atoms with Crippen LogP contribution < -0.4 is 15.4 Å². The Morgan fingerprint density at radius 1 is 0.758 bits per heavy atom. The van der Waals surface area contributed by atoms with Crippen molar-refractivity contribution in [1.29, 1.82) is 0 Å². The lowest BCUT2D eigenvalue weighted by Gasteiger charge is -2.13. The van der Waals surface area contributed by atoms with Crippen LogP contribution in [0.2, 0.25) is 0 Å². The molecule has 0 aliphatic rings. The predicted octanol–water partition coefficient (Wildman–Crippen LogP) is 4.37. The third kappa shape index (κ3) is 6.44. The molecule has 3 rings (SSSR count). The van der Waals surface area contributed by atoms with Crippen LogP contribution in [0.4, 0.5) is 11.4 Å². The zero-order valence-electron chi connectivity index (χ0n) is 18.0. The molecule has 0 aliphatic heterocycles. The molecule has 168 valence electrons. The van der Waals surface area contributed by atoms with Gasteiger partial charge in [0.1, 0.15) is 11.4 Å². The van der Waals surface area contributed by atoms with E-state index in [9.17, 15) is 14.4 Å². The molecule has 0 heterocycles. The number of carbonyl (C=O) groups is 3. The molecule has 0 atom stereocenters. The molecule has 0 fully saturated rings. The monoisotopic (exact) mass is 446 g/mol. The van der Waals surface area contributed by atoms with E-state index < -0.39 is 11.9 Å². The lowest BCUT2D eigenvalue weighted by molar-refractivity contribution is -0.138. The van der Waals surface area contributed by atoms with Crippen molar-refractivity contribution >= 4 is 29.2 Å². The first-order chi connectivity index (χ1) is 16.0. The van der Waals surface area contributed by atoms with Gasteiger partial charge in [0.2, 0.25) is 0 Å². The first kappa shape index (κ1) is 23.1. The summed E-state index contributed by atoms with van der Waals surface area (Å²) in [6.45, 7) is 0. The first-order valence-electron chi connectivity index (χ1n) is 9.88. The molecule has 0 bridgehead atoms. The van der Waals surface area contributed by atoms with E-state index >= 15 is 0 Å². The van der Waals surface area contributed by atoms with Gasteiger partial charge < -0.3 is 24.8 Å². The number of rotatable bonds is 8. The Labute approximate surface area is 190 Å². The summed E-state index contributed by atoms with van der Waals surface area (Å²) >= 11 is 0. The van der Waals surface area contributed by atoms with Crippen LogP contribution in [0.5, 0.6) is 11.5 Å². The van der Waals surface area contributed by atoms with E-state index in [-0.39, 0.29) is 11.6 Å². The number of benzene rings is 3. The fourth-order valence-electron chi connectivity index (χ4n) is 2.76. The lowest BCUT2D eigenvalue weighted by Crippen LogP contribution is -2.16. The summed E-state index contributed by atoms with van der Waals surface area (Å²) in [5, 5.41) is 5.62. The van der Waals surface area contributed by atoms with Crippen LogP contribution in [0.15, 0.2) is 90.6 Å². The molecular formula is C25H22N2O6. The Hall–Kier alpha value is -4.59. The summed E-state index contributed by atoms with van der Waals surface area (Å²) in [6, 6.07) is 22.7. The number of hydrogen-bond acceptors (Lipinski definition) is 7. The van der Waals surface area contributed by atoms with Crippen molar-refractivity contribution in [2.45, 2.75) is 0 Å². The normalized spacial score (nSPS) is 10.7. The largest absolute Gasteiger partial charge is 0.466 e. The number of ether oxygens (including phenoxy) is 3. The molecule has 0 spiro atoms. The van der Waals surface area contributed by atoms with Crippen LogP contribution in [-0.2, 0) is 19.1 Å². The highest BCUT2D eigenvalue weighted by molar-refractivity contribution is 6.05. The maximum absolute atomic E-state index is 12.8. The first-order valence-corrected chi connectivity index (χ1v) is 9.88. The molecule has 2 N–H and O–H groups in total. The van der Waals surface area contributed by atoms with Crippen molar-refractivity contribution in [1.82, 2.24) is 0 Å². The van der Waals surface area contributed by atoms with E-state index in [4.69, 9.17) is 4.74 Å². The highest BCUT2D eigenvalue weighted by Crippen LogP contribution is 2.29. The third-order valence-corrected chi connectivity index (χ3v) is 4.40. The molecule has 0 radical (unpaired) electrons. The lowest BCUT2D eigenvalue weighted by atomic mass is 10.1. The van der Waals surface area contributed by atoms with Crippen molar-refractivity contribution in [3.8, 4) is 11.5 Å². The van der Waals surface area contributed by atoms with Crippen LogP contribution in [-0.4, -0.2) is 32.1 Å². The molecule has 0 unspecified atom stereocenters. The number of carbonyl (C=O) groups excluding carboxylic acids is 3. The van der Waals surface area contributed by atoms with Gasteiger partial charge in [-0.05, 0) is 48.5 Å². The summed E-state index contributed by atoms with van der Waals surface area (Å²) in [5.41, 5.74) is 1.27. The predicted molar refractivity (Wildman–Crippen MR) is 123 cm³/mol. The minimum absolute atomic E-state index is 0.103. The standard InChI is InChI=1S/C25H22N2O6/c1-31-23(28)16-21(25(30)32-2)26-18-14-12-17(13-15-18)24(29)27-20-10-6-7-11-22(20)33-19-8-4-3-5-9-19/h3-16,26H,1-2H3,(H,27,29)/b21-16+. The van der Waals surface area contributed by atoms with Crippen LogP contribution >= 0.6 is 0 Å². The topological polar surface area (TPSA) is 103 Å². The molecule has 3 aromatic rings. The summed E-state index contributed by atoms with van der Waals surface area (Å²) < 4.78 is 15.1. The molecule has 1 amide bonds. The Balaban J connectivity index is 1.72. The summed E-state index contributed by atoms with van der Waals surface area (Å²) in [6.07, 6.45) is 0.982. The SMILES string of the molecule is COC(=O)/C=C(/Nc1ccc(C(=O)Nc2ccccc2Oc2ccccc2)cc1)C(=O)OC. The Kier molecular flexibility index (Phi) is 7.80. The molecule has 8 heteroatoms. The molecule has 33 heavy (non-hydrogen) atoms. The van der Waals surface area contributed by atoms with Crippen LogP contribution in [0.25, 0.3) is 0 Å². The van der Waals surface area contributed by atoms with Gasteiger partial charge in [0.05, 0.1) is 26.0 Å². The fraction of sp³-hybridized carbons (Fsp3) is 0.0800. The number of methoxy groups -OCH3 is 2. The highest BCUT2D eigenvalue weighted by Gasteiger charge is 2.14. The van der Waals surface area contributed by atoms with E-state index in [0.717, 1.165) is 6.08 Å². The molecular weight excluding hydrogens is 424 g/mol. The number of esters is 2. The molecule has 0 saturated heterocycles. The highest BCUT2D eigenvalue weighted by atomic mass is 16.5. The van der Waals surface area contributed by atoms with Crippen molar-refractivity contribution in [3.63, 3.8) is 0 Å². The number of hydrogen-bond donors (Lipinski definition) is 2. The second kappa shape index (κ2) is 11.1. The quantitative estimate of drug-likeness (QED) is 0.391. The zero-order chi connectivity index (χ0) is 23.6. The van der Waals surface area contributed by atoms with Gasteiger partial charge in [0.25, 0.3) is 5.91 Å². The van der Waals surface area contributed by atoms with Crippen molar-refractivity contribution in [3.05, 3.63) is 96.2 Å². The van der Waals surface area contributed by atoms with Gasteiger partial charge in [0.15, 0.2) is 5.75 Å². The zero-order valence-corrected chi connectivity index (χ0v) is 18.0. The Morgan fingerprint density at radius 2 is 1.42 bits per heavy atom. The average Bonchev–Trinajstić information content (AvgIpc) is 2.85. The van der Waals surface area contributed by atoms with Gasteiger partial charge in [-0.15, -0.1) is 0 Å². The fourth-order valence-corrected chi connectivity index (χ4v) is 2.76. The minimum atomic E-state index is -0.739. The molecule has 8 nitrogen and oxygen atoms in total. The number of anilines is 2. The van der Waals surface area contributed by atoms with Crippen molar-refractivity contribution < 1.29 is 28.6 Å². The number of para-hydroxylation sites is 3. The van der Waals surface area contributed by atoms with E-state index in [0.29, 0.717) is 28.4 Å². The summed E-state index contributed by atoms with van der Waals surface area (Å²) in [4.78, 5) is 36.1. The van der Waals surface area contributed by atoms with Crippen LogP contribution in [0, 0.1) is 0 Å². The molecule has 0 aromatic heterocycles. The molecule has 3 aromatic carbocycles. The number of amides is 1. The van der Waals surface area contributed by atoms with E-state index in [1.54, 1.807) is 42.5 Å². The minimum Gasteiger partial charge on any atom is -0.466 e. The summed E-state index contributed by atoms with van der Waals surface area (Å²) in [5.74, 6) is -0.640. The number of nitrogens with one attached hydrogen (secondary N) is 2. The second-order valence-electron chi connectivity index (χ2n) is 6.64. The average molecular weight is 446 g/mol. The van der Waals surface area contributed by atoms with Gasteiger partial charge in [-0.1, -0.05) is 30.3 Å². The summed E-state index contributed by atoms with van der Waals surface area (Å²) in [7, 11) is 2.39. The van der Waals surface area contributed by atoms with Crippen molar-refractivity contribution in [2.24, 2.45) is 0 Å². The van der Waals surface area contributed by atoms with Gasteiger partial charge in [-0.2, -0.15) is 0 Å². The van der Waals surface area contributed by atoms with Gasteiger partial charge >= 0.3 is 11.9 Å². The maximum atomic E-state index is 12.8. The Bertz CT molecular complexity index is 1160. The van der Waals surface area contributed by atoms with E-state index in [2.05, 4.69) is 20.1 Å². The van der Waals surface area contributed by atoms with Crippen LogP contribution in [0.1, 0.15) is 10.4 Å². The van der Waals surface area contributed by atoms with E-state index in [1.807, 2.05) is 36.4 Å². The maximum Gasteiger partial charge on any atom is 0.354 e. The van der Waals surface area contributed by atoms with Gasteiger partial charge in [-0.25, -0.2) is 9.59 Å². The smallest absolute Gasteiger partial charge is 0.354 e. The molecule has 0 saturated carbocycles. The van der Waals surface area contributed by atoms with Gasteiger partial charge in [-0.3, -0.25) is 4.79 Å². The third-order valence-electron chi connectivity index (χ3n) is 4.40. The van der Waals surface area contributed by atoms with Gasteiger partial charge in [0, 0.05) is 11.3 Å². The Morgan fingerprint density at radius 3 is 2.09 bits per heavy atom. The van der Waals surface area contributed by atoms with E-state index in [1.165, 1.54) is 14.2 Å². The second-order valence-corrected chi connectivity index (χ2v) is 6.64.